The minimum absolute atomic E-state index is 0.0932. The van der Waals surface area contributed by atoms with Crippen LogP contribution in [-0.2, 0) is 0 Å². The summed E-state index contributed by atoms with van der Waals surface area (Å²) in [5, 5.41) is 11.5. The highest BCUT2D eigenvalue weighted by Crippen LogP contribution is 2.05. The SMILES string of the molecule is CC(C)CNC(=O)c1cccnc1C(=O)O. The molecule has 0 saturated carbocycles. The molecule has 1 heterocycles. The molecule has 1 aromatic heterocycles. The molecule has 0 spiro atoms. The van der Waals surface area contributed by atoms with Crippen molar-refractivity contribution in [2.45, 2.75) is 13.8 Å². The number of carbonyl (C=O) groups excluding carboxylic acids is 1. The van der Waals surface area contributed by atoms with E-state index in [1.165, 1.54) is 18.3 Å². The summed E-state index contributed by atoms with van der Waals surface area (Å²) in [7, 11) is 0. The number of carbonyl (C=O) groups is 2. The summed E-state index contributed by atoms with van der Waals surface area (Å²) in [5.41, 5.74) is -0.126. The Hall–Kier alpha value is -1.91. The summed E-state index contributed by atoms with van der Waals surface area (Å²) in [6.07, 6.45) is 1.35. The smallest absolute Gasteiger partial charge is 0.355 e. The first-order valence-corrected chi connectivity index (χ1v) is 4.99. The van der Waals surface area contributed by atoms with E-state index in [-0.39, 0.29) is 11.3 Å². The van der Waals surface area contributed by atoms with Crippen molar-refractivity contribution in [1.82, 2.24) is 10.3 Å². The van der Waals surface area contributed by atoms with E-state index in [1.54, 1.807) is 0 Å². The highest BCUT2D eigenvalue weighted by atomic mass is 16.4. The van der Waals surface area contributed by atoms with Gasteiger partial charge in [-0.3, -0.25) is 4.79 Å². The zero-order valence-electron chi connectivity index (χ0n) is 9.23. The van der Waals surface area contributed by atoms with E-state index in [4.69, 9.17) is 5.11 Å². The van der Waals surface area contributed by atoms with Crippen LogP contribution in [0, 0.1) is 5.92 Å². The van der Waals surface area contributed by atoms with Crippen molar-refractivity contribution in [3.05, 3.63) is 29.6 Å². The Kier molecular flexibility index (Phi) is 3.99. The van der Waals surface area contributed by atoms with Crippen molar-refractivity contribution in [3.8, 4) is 0 Å². The second kappa shape index (κ2) is 5.25. The number of rotatable bonds is 4. The maximum absolute atomic E-state index is 11.7. The molecule has 86 valence electrons. The van der Waals surface area contributed by atoms with Crippen molar-refractivity contribution < 1.29 is 14.7 Å². The van der Waals surface area contributed by atoms with Gasteiger partial charge in [0.25, 0.3) is 5.91 Å². The highest BCUT2D eigenvalue weighted by Gasteiger charge is 2.16. The van der Waals surface area contributed by atoms with Gasteiger partial charge in [0.2, 0.25) is 0 Å². The van der Waals surface area contributed by atoms with Gasteiger partial charge >= 0.3 is 5.97 Å². The van der Waals surface area contributed by atoms with Gasteiger partial charge in [0.15, 0.2) is 5.69 Å². The lowest BCUT2D eigenvalue weighted by Gasteiger charge is -2.08. The van der Waals surface area contributed by atoms with E-state index in [2.05, 4.69) is 10.3 Å². The molecule has 1 amide bonds. The highest BCUT2D eigenvalue weighted by molar-refractivity contribution is 6.03. The zero-order valence-corrected chi connectivity index (χ0v) is 9.23. The normalized spacial score (nSPS) is 10.2. The van der Waals surface area contributed by atoms with Gasteiger partial charge in [-0.1, -0.05) is 13.8 Å². The maximum atomic E-state index is 11.7. The van der Waals surface area contributed by atoms with Crippen molar-refractivity contribution in [2.24, 2.45) is 5.92 Å². The Morgan fingerprint density at radius 1 is 1.50 bits per heavy atom. The predicted octanol–water partition coefficient (Wildman–Crippen LogP) is 1.17. The molecule has 0 aliphatic carbocycles. The second-order valence-electron chi connectivity index (χ2n) is 3.81. The first kappa shape index (κ1) is 12.2. The van der Waals surface area contributed by atoms with E-state index in [9.17, 15) is 9.59 Å². The molecule has 0 aliphatic heterocycles. The number of carboxylic acid groups (broad SMARTS) is 1. The predicted molar refractivity (Wildman–Crippen MR) is 58.4 cm³/mol. The van der Waals surface area contributed by atoms with Crippen molar-refractivity contribution in [2.75, 3.05) is 6.54 Å². The number of hydrogen-bond acceptors (Lipinski definition) is 3. The van der Waals surface area contributed by atoms with Gasteiger partial charge < -0.3 is 10.4 Å². The molecular weight excluding hydrogens is 208 g/mol. The summed E-state index contributed by atoms with van der Waals surface area (Å²) >= 11 is 0. The number of amides is 1. The fraction of sp³-hybridized carbons (Fsp3) is 0.364. The molecule has 1 aromatic rings. The summed E-state index contributed by atoms with van der Waals surface area (Å²) in [4.78, 5) is 26.1. The first-order chi connectivity index (χ1) is 7.52. The molecule has 16 heavy (non-hydrogen) atoms. The van der Waals surface area contributed by atoms with Gasteiger partial charge in [0.1, 0.15) is 0 Å². The molecule has 0 fully saturated rings. The molecule has 2 N–H and O–H groups in total. The quantitative estimate of drug-likeness (QED) is 0.801. The fourth-order valence-electron chi connectivity index (χ4n) is 1.15. The maximum Gasteiger partial charge on any atom is 0.355 e. The Balaban J connectivity index is 2.86. The second-order valence-corrected chi connectivity index (χ2v) is 3.81. The molecule has 0 saturated heterocycles. The third-order valence-electron chi connectivity index (χ3n) is 1.93. The van der Waals surface area contributed by atoms with Crippen LogP contribution in [0.25, 0.3) is 0 Å². The van der Waals surface area contributed by atoms with Crippen LogP contribution in [0.5, 0.6) is 0 Å². The summed E-state index contributed by atoms with van der Waals surface area (Å²) in [5.74, 6) is -1.29. The molecule has 5 heteroatoms. The summed E-state index contributed by atoms with van der Waals surface area (Å²) in [6.45, 7) is 4.43. The topological polar surface area (TPSA) is 79.3 Å². The first-order valence-electron chi connectivity index (χ1n) is 4.99. The number of nitrogens with one attached hydrogen (secondary N) is 1. The van der Waals surface area contributed by atoms with Crippen LogP contribution < -0.4 is 5.32 Å². The number of aromatic nitrogens is 1. The molecule has 0 aliphatic rings. The number of carboxylic acids is 1. The van der Waals surface area contributed by atoms with Gasteiger partial charge in [0.05, 0.1) is 5.56 Å². The fourth-order valence-corrected chi connectivity index (χ4v) is 1.15. The van der Waals surface area contributed by atoms with Crippen LogP contribution in [0.1, 0.15) is 34.7 Å². The van der Waals surface area contributed by atoms with Crippen LogP contribution in [0.4, 0.5) is 0 Å². The Morgan fingerprint density at radius 3 is 2.75 bits per heavy atom. The number of nitrogens with zero attached hydrogens (tertiary/aromatic N) is 1. The van der Waals surface area contributed by atoms with Gasteiger partial charge in [0, 0.05) is 12.7 Å². The van der Waals surface area contributed by atoms with Gasteiger partial charge in [-0.05, 0) is 18.1 Å². The van der Waals surface area contributed by atoms with Gasteiger partial charge in [-0.2, -0.15) is 0 Å². The minimum atomic E-state index is -1.20. The van der Waals surface area contributed by atoms with Crippen molar-refractivity contribution in [1.29, 1.82) is 0 Å². The lowest BCUT2D eigenvalue weighted by molar-refractivity contribution is 0.0684. The number of pyridine rings is 1. The molecule has 1 rings (SSSR count). The number of aromatic carboxylic acids is 1. The van der Waals surface area contributed by atoms with Crippen LogP contribution >= 0.6 is 0 Å². The van der Waals surface area contributed by atoms with Gasteiger partial charge in [-0.25, -0.2) is 9.78 Å². The zero-order chi connectivity index (χ0) is 12.1. The van der Waals surface area contributed by atoms with Crippen LogP contribution in [0.15, 0.2) is 18.3 Å². The Bertz CT molecular complexity index is 402. The average molecular weight is 222 g/mol. The van der Waals surface area contributed by atoms with Gasteiger partial charge in [-0.15, -0.1) is 0 Å². The lowest BCUT2D eigenvalue weighted by Crippen LogP contribution is -2.29. The van der Waals surface area contributed by atoms with Crippen molar-refractivity contribution in [3.63, 3.8) is 0 Å². The minimum Gasteiger partial charge on any atom is -0.476 e. The van der Waals surface area contributed by atoms with Crippen LogP contribution in [0.2, 0.25) is 0 Å². The summed E-state index contributed by atoms with van der Waals surface area (Å²) < 4.78 is 0. The third kappa shape index (κ3) is 3.05. The molecule has 0 unspecified atom stereocenters. The average Bonchev–Trinajstić information content (AvgIpc) is 2.25. The van der Waals surface area contributed by atoms with Crippen molar-refractivity contribution >= 4 is 11.9 Å². The molecule has 0 atom stereocenters. The standard InChI is InChI=1S/C11H14N2O3/c1-7(2)6-13-10(14)8-4-3-5-12-9(8)11(15)16/h3-5,7H,6H2,1-2H3,(H,13,14)(H,15,16). The lowest BCUT2D eigenvalue weighted by atomic mass is 10.1. The van der Waals surface area contributed by atoms with E-state index < -0.39 is 11.9 Å². The number of hydrogen-bond donors (Lipinski definition) is 2. The molecule has 0 bridgehead atoms. The monoisotopic (exact) mass is 222 g/mol. The van der Waals surface area contributed by atoms with E-state index in [1.807, 2.05) is 13.8 Å². The van der Waals surface area contributed by atoms with Crippen LogP contribution in [-0.4, -0.2) is 28.5 Å². The Labute approximate surface area is 93.5 Å². The molecule has 5 nitrogen and oxygen atoms in total. The molecule has 0 aromatic carbocycles. The van der Waals surface area contributed by atoms with Crippen LogP contribution in [0.3, 0.4) is 0 Å². The molecule has 0 radical (unpaired) electrons. The third-order valence-corrected chi connectivity index (χ3v) is 1.93. The largest absolute Gasteiger partial charge is 0.476 e. The summed E-state index contributed by atoms with van der Waals surface area (Å²) in [6, 6.07) is 2.99. The molecular formula is C11H14N2O3. The van der Waals surface area contributed by atoms with E-state index in [0.717, 1.165) is 0 Å². The van der Waals surface area contributed by atoms with E-state index in [0.29, 0.717) is 12.5 Å². The van der Waals surface area contributed by atoms with E-state index >= 15 is 0 Å². The Morgan fingerprint density at radius 2 is 2.19 bits per heavy atom.